The molecule has 0 bridgehead atoms. The highest BCUT2D eigenvalue weighted by Crippen LogP contribution is 2.21. The van der Waals surface area contributed by atoms with E-state index in [0.717, 1.165) is 4.90 Å². The van der Waals surface area contributed by atoms with Crippen LogP contribution in [0.1, 0.15) is 0 Å². The van der Waals surface area contributed by atoms with Crippen LogP contribution in [0.5, 0.6) is 0 Å². The van der Waals surface area contributed by atoms with Gasteiger partial charge in [-0.25, -0.2) is 0 Å². The number of aliphatic hydroxyl groups excluding tert-OH is 1. The van der Waals surface area contributed by atoms with Crippen molar-refractivity contribution in [3.8, 4) is 0 Å². The number of thioether (sulfide) groups is 1. The van der Waals surface area contributed by atoms with E-state index in [1.54, 1.807) is 12.1 Å². The second kappa shape index (κ2) is 4.72. The molecule has 0 aromatic heterocycles. The van der Waals surface area contributed by atoms with E-state index in [1.807, 2.05) is 12.1 Å². The first-order valence-electron chi connectivity index (χ1n) is 3.51. The van der Waals surface area contributed by atoms with Gasteiger partial charge in [0, 0.05) is 9.92 Å². The summed E-state index contributed by atoms with van der Waals surface area (Å²) in [6.07, 6.45) is 0. The molecule has 1 rings (SSSR count). The first-order valence-corrected chi connectivity index (χ1v) is 4.77. The summed E-state index contributed by atoms with van der Waals surface area (Å²) in [5.41, 5.74) is 5.52. The van der Waals surface area contributed by atoms with E-state index in [0.29, 0.717) is 5.02 Å². The zero-order valence-electron chi connectivity index (χ0n) is 6.40. The van der Waals surface area contributed by atoms with Crippen molar-refractivity contribution < 1.29 is 5.11 Å². The van der Waals surface area contributed by atoms with Gasteiger partial charge in [0.2, 0.25) is 0 Å². The normalized spacial score (nSPS) is 12.9. The molecule has 0 amide bonds. The van der Waals surface area contributed by atoms with Crippen LogP contribution >= 0.6 is 23.4 Å². The van der Waals surface area contributed by atoms with Crippen molar-refractivity contribution in [2.45, 2.75) is 10.3 Å². The lowest BCUT2D eigenvalue weighted by Gasteiger charge is -2.06. The number of nitrogens with two attached hydrogens (primary N) is 1. The zero-order valence-corrected chi connectivity index (χ0v) is 7.98. The Balaban J connectivity index is 2.58. The molecule has 0 spiro atoms. The van der Waals surface area contributed by atoms with Gasteiger partial charge in [0.15, 0.2) is 0 Å². The molecule has 1 atom stereocenters. The van der Waals surface area contributed by atoms with Crippen LogP contribution in [-0.4, -0.2) is 17.1 Å². The fourth-order valence-corrected chi connectivity index (χ4v) is 1.57. The molecule has 0 saturated carbocycles. The number of benzene rings is 1. The van der Waals surface area contributed by atoms with E-state index in [-0.39, 0.29) is 12.0 Å². The molecule has 0 aliphatic rings. The highest BCUT2D eigenvalue weighted by Gasteiger charge is 2.01. The third-order valence-corrected chi connectivity index (χ3v) is 2.53. The lowest BCUT2D eigenvalue weighted by molar-refractivity contribution is 0.296. The molecule has 0 aliphatic heterocycles. The monoisotopic (exact) mass is 203 g/mol. The van der Waals surface area contributed by atoms with Crippen molar-refractivity contribution in [1.82, 2.24) is 0 Å². The topological polar surface area (TPSA) is 46.2 Å². The summed E-state index contributed by atoms with van der Waals surface area (Å²) in [5, 5.41) is 9.13. The third kappa shape index (κ3) is 3.03. The highest BCUT2D eigenvalue weighted by molar-refractivity contribution is 7.99. The van der Waals surface area contributed by atoms with Crippen LogP contribution in [0.4, 0.5) is 0 Å². The number of halogens is 1. The molecular weight excluding hydrogens is 194 g/mol. The minimum atomic E-state index is -0.258. The average Bonchev–Trinajstić information content (AvgIpc) is 2.09. The molecular formula is C8H10ClNOS. The predicted molar refractivity (Wildman–Crippen MR) is 52.4 cm³/mol. The van der Waals surface area contributed by atoms with E-state index in [4.69, 9.17) is 22.4 Å². The van der Waals surface area contributed by atoms with Crippen LogP contribution in [0.25, 0.3) is 0 Å². The molecule has 0 fully saturated rings. The van der Waals surface area contributed by atoms with Gasteiger partial charge in [-0.1, -0.05) is 11.6 Å². The van der Waals surface area contributed by atoms with Crippen molar-refractivity contribution in [3.63, 3.8) is 0 Å². The Morgan fingerprint density at radius 1 is 1.42 bits per heavy atom. The molecule has 66 valence electrons. The Kier molecular flexibility index (Phi) is 3.88. The van der Waals surface area contributed by atoms with Crippen LogP contribution in [-0.2, 0) is 0 Å². The summed E-state index contributed by atoms with van der Waals surface area (Å²) in [5.74, 6) is 0. The molecule has 0 aliphatic carbocycles. The lowest BCUT2D eigenvalue weighted by Crippen LogP contribution is -2.19. The highest BCUT2D eigenvalue weighted by atomic mass is 35.5. The first kappa shape index (κ1) is 9.86. The summed E-state index contributed by atoms with van der Waals surface area (Å²) < 4.78 is 0. The van der Waals surface area contributed by atoms with Gasteiger partial charge >= 0.3 is 0 Å². The van der Waals surface area contributed by atoms with E-state index in [1.165, 1.54) is 11.8 Å². The largest absolute Gasteiger partial charge is 0.394 e. The van der Waals surface area contributed by atoms with Crippen LogP contribution in [0, 0.1) is 0 Å². The zero-order chi connectivity index (χ0) is 8.97. The van der Waals surface area contributed by atoms with Crippen LogP contribution in [0.2, 0.25) is 5.02 Å². The van der Waals surface area contributed by atoms with E-state index < -0.39 is 0 Å². The van der Waals surface area contributed by atoms with Gasteiger partial charge in [0.1, 0.15) is 0 Å². The number of hydrogen-bond donors (Lipinski definition) is 2. The quantitative estimate of drug-likeness (QED) is 0.581. The van der Waals surface area contributed by atoms with Gasteiger partial charge in [-0.2, -0.15) is 0 Å². The van der Waals surface area contributed by atoms with Crippen LogP contribution in [0.3, 0.4) is 0 Å². The second-order valence-electron chi connectivity index (χ2n) is 2.29. The number of rotatable bonds is 3. The third-order valence-electron chi connectivity index (χ3n) is 1.28. The maximum absolute atomic E-state index is 8.68. The van der Waals surface area contributed by atoms with Gasteiger partial charge in [-0.05, 0) is 24.3 Å². The number of hydrogen-bond acceptors (Lipinski definition) is 3. The minimum absolute atomic E-state index is 0.0205. The molecule has 1 unspecified atom stereocenters. The second-order valence-corrected chi connectivity index (χ2v) is 4.04. The summed E-state index contributed by atoms with van der Waals surface area (Å²) in [4.78, 5) is 1.01. The molecule has 12 heavy (non-hydrogen) atoms. The molecule has 1 aromatic rings. The minimum Gasteiger partial charge on any atom is -0.394 e. The maximum atomic E-state index is 8.68. The van der Waals surface area contributed by atoms with Gasteiger partial charge in [0.25, 0.3) is 0 Å². The molecule has 0 heterocycles. The maximum Gasteiger partial charge on any atom is 0.0789 e. The lowest BCUT2D eigenvalue weighted by atomic mass is 10.4. The Morgan fingerprint density at radius 3 is 2.50 bits per heavy atom. The summed E-state index contributed by atoms with van der Waals surface area (Å²) >= 11 is 7.11. The average molecular weight is 204 g/mol. The van der Waals surface area contributed by atoms with Crippen molar-refractivity contribution in [1.29, 1.82) is 0 Å². The van der Waals surface area contributed by atoms with Gasteiger partial charge in [0.05, 0.1) is 12.0 Å². The van der Waals surface area contributed by atoms with Crippen molar-refractivity contribution in [2.75, 3.05) is 6.61 Å². The fraction of sp³-hybridized carbons (Fsp3) is 0.250. The Morgan fingerprint density at radius 2 is 2.00 bits per heavy atom. The van der Waals surface area contributed by atoms with Crippen molar-refractivity contribution in [2.24, 2.45) is 5.73 Å². The van der Waals surface area contributed by atoms with Gasteiger partial charge in [-0.15, -0.1) is 11.8 Å². The first-order chi connectivity index (χ1) is 5.72. The molecule has 4 heteroatoms. The summed E-state index contributed by atoms with van der Waals surface area (Å²) in [6, 6.07) is 7.35. The number of aliphatic hydroxyl groups is 1. The standard InChI is InChI=1S/C8H10ClNOS/c9-6-1-3-7(4-2-6)12-8(10)5-11/h1-4,8,11H,5,10H2. The van der Waals surface area contributed by atoms with E-state index in [2.05, 4.69) is 0 Å². The Hall–Kier alpha value is -0.220. The fourth-order valence-electron chi connectivity index (χ4n) is 0.725. The molecule has 2 nitrogen and oxygen atoms in total. The summed E-state index contributed by atoms with van der Waals surface area (Å²) in [7, 11) is 0. The molecule has 0 radical (unpaired) electrons. The SMILES string of the molecule is NC(CO)Sc1ccc(Cl)cc1. The van der Waals surface area contributed by atoms with Gasteiger partial charge in [-0.3, -0.25) is 0 Å². The Bertz CT molecular complexity index is 239. The predicted octanol–water partition coefficient (Wildman–Crippen LogP) is 1.71. The molecule has 1 aromatic carbocycles. The van der Waals surface area contributed by atoms with Gasteiger partial charge < -0.3 is 10.8 Å². The molecule has 0 saturated heterocycles. The molecule has 3 N–H and O–H groups in total. The van der Waals surface area contributed by atoms with Crippen LogP contribution < -0.4 is 5.73 Å². The Labute approximate surface area is 80.7 Å². The van der Waals surface area contributed by atoms with E-state index in [9.17, 15) is 0 Å². The van der Waals surface area contributed by atoms with Crippen molar-refractivity contribution in [3.05, 3.63) is 29.3 Å². The smallest absolute Gasteiger partial charge is 0.0789 e. The van der Waals surface area contributed by atoms with E-state index >= 15 is 0 Å². The van der Waals surface area contributed by atoms with Crippen molar-refractivity contribution >= 4 is 23.4 Å². The summed E-state index contributed by atoms with van der Waals surface area (Å²) in [6.45, 7) is -0.0205. The van der Waals surface area contributed by atoms with Crippen LogP contribution in [0.15, 0.2) is 29.2 Å².